The quantitative estimate of drug-likeness (QED) is 0.826. The Morgan fingerprint density at radius 1 is 1.35 bits per heavy atom. The maximum atomic E-state index is 4.45. The zero-order valence-electron chi connectivity index (χ0n) is 10.3. The normalized spacial score (nSPS) is 18.3. The van der Waals surface area contributed by atoms with Gasteiger partial charge in [0.25, 0.3) is 0 Å². The first-order valence-corrected chi connectivity index (χ1v) is 5.84. The van der Waals surface area contributed by atoms with E-state index in [-0.39, 0.29) is 24.0 Å². The van der Waals surface area contributed by atoms with Crippen LogP contribution >= 0.6 is 24.0 Å². The van der Waals surface area contributed by atoms with Crippen LogP contribution in [0.5, 0.6) is 0 Å². The van der Waals surface area contributed by atoms with Crippen molar-refractivity contribution < 1.29 is 0 Å². The van der Waals surface area contributed by atoms with E-state index in [0.717, 1.165) is 19.0 Å². The van der Waals surface area contributed by atoms with E-state index in [1.807, 2.05) is 6.07 Å². The highest BCUT2D eigenvalue weighted by molar-refractivity contribution is 14.0. The summed E-state index contributed by atoms with van der Waals surface area (Å²) in [4.78, 5) is 4.45. The van der Waals surface area contributed by atoms with Crippen LogP contribution in [0, 0.1) is 5.92 Å². The van der Waals surface area contributed by atoms with Crippen molar-refractivity contribution in [1.82, 2.24) is 10.6 Å². The molecule has 0 saturated carbocycles. The molecule has 1 heterocycles. The number of hydrogen-bond donors (Lipinski definition) is 2. The largest absolute Gasteiger partial charge is 0.352 e. The molecule has 2 rings (SSSR count). The van der Waals surface area contributed by atoms with Crippen LogP contribution < -0.4 is 10.6 Å². The molecule has 1 aliphatic rings. The van der Waals surface area contributed by atoms with Crippen molar-refractivity contribution in [2.24, 2.45) is 10.9 Å². The SMILES string of the molecule is CC(C)C1CN=C(NCc2ccccc2)N1.I. The first-order valence-electron chi connectivity index (χ1n) is 5.84. The van der Waals surface area contributed by atoms with E-state index < -0.39 is 0 Å². The van der Waals surface area contributed by atoms with E-state index >= 15 is 0 Å². The molecular formula is C13H20IN3. The number of nitrogens with one attached hydrogen (secondary N) is 2. The molecule has 0 amide bonds. The summed E-state index contributed by atoms with van der Waals surface area (Å²) >= 11 is 0. The molecule has 1 aliphatic heterocycles. The van der Waals surface area contributed by atoms with Gasteiger partial charge >= 0.3 is 0 Å². The van der Waals surface area contributed by atoms with Gasteiger partial charge in [0, 0.05) is 6.54 Å². The Hall–Kier alpha value is -0.780. The Morgan fingerprint density at radius 2 is 2.06 bits per heavy atom. The van der Waals surface area contributed by atoms with Gasteiger partial charge < -0.3 is 10.6 Å². The average Bonchev–Trinajstić information content (AvgIpc) is 2.76. The lowest BCUT2D eigenvalue weighted by molar-refractivity contribution is 0.481. The second-order valence-electron chi connectivity index (χ2n) is 4.52. The van der Waals surface area contributed by atoms with Crippen LogP contribution in [0.2, 0.25) is 0 Å². The highest BCUT2D eigenvalue weighted by Crippen LogP contribution is 2.06. The Labute approximate surface area is 120 Å². The van der Waals surface area contributed by atoms with Gasteiger partial charge in [0.15, 0.2) is 5.96 Å². The van der Waals surface area contributed by atoms with Crippen molar-refractivity contribution in [3.05, 3.63) is 35.9 Å². The topological polar surface area (TPSA) is 36.4 Å². The fourth-order valence-electron chi connectivity index (χ4n) is 1.72. The molecule has 0 saturated heterocycles. The molecule has 1 aromatic carbocycles. The first kappa shape index (κ1) is 14.3. The van der Waals surface area contributed by atoms with Crippen LogP contribution in [0.4, 0.5) is 0 Å². The third-order valence-corrected chi connectivity index (χ3v) is 2.88. The average molecular weight is 345 g/mol. The van der Waals surface area contributed by atoms with Crippen LogP contribution in [0.15, 0.2) is 35.3 Å². The van der Waals surface area contributed by atoms with Gasteiger partial charge in [-0.25, -0.2) is 0 Å². The molecule has 94 valence electrons. The van der Waals surface area contributed by atoms with Gasteiger partial charge in [-0.3, -0.25) is 4.99 Å². The maximum Gasteiger partial charge on any atom is 0.191 e. The summed E-state index contributed by atoms with van der Waals surface area (Å²) in [6.07, 6.45) is 0. The number of benzene rings is 1. The van der Waals surface area contributed by atoms with Crippen molar-refractivity contribution in [2.45, 2.75) is 26.4 Å². The molecule has 1 aromatic rings. The van der Waals surface area contributed by atoms with Crippen molar-refractivity contribution in [2.75, 3.05) is 6.54 Å². The van der Waals surface area contributed by atoms with Crippen molar-refractivity contribution in [1.29, 1.82) is 0 Å². The number of hydrogen-bond acceptors (Lipinski definition) is 3. The summed E-state index contributed by atoms with van der Waals surface area (Å²) in [5.74, 6) is 1.56. The van der Waals surface area contributed by atoms with Crippen LogP contribution in [-0.4, -0.2) is 18.5 Å². The van der Waals surface area contributed by atoms with E-state index in [2.05, 4.69) is 53.7 Å². The Bertz CT molecular complexity index is 362. The first-order chi connectivity index (χ1) is 7.75. The van der Waals surface area contributed by atoms with Crippen molar-refractivity contribution in [3.8, 4) is 0 Å². The third kappa shape index (κ3) is 4.18. The molecule has 1 atom stereocenters. The van der Waals surface area contributed by atoms with Gasteiger partial charge in [-0.2, -0.15) is 0 Å². The van der Waals surface area contributed by atoms with Gasteiger partial charge in [-0.05, 0) is 11.5 Å². The van der Waals surface area contributed by atoms with Crippen LogP contribution in [-0.2, 0) is 6.54 Å². The molecule has 0 aliphatic carbocycles. The van der Waals surface area contributed by atoms with E-state index in [1.54, 1.807) is 0 Å². The predicted octanol–water partition coefficient (Wildman–Crippen LogP) is 2.38. The number of aliphatic imine (C=N–C) groups is 1. The second kappa shape index (κ2) is 6.83. The lowest BCUT2D eigenvalue weighted by Gasteiger charge is -2.15. The highest BCUT2D eigenvalue weighted by Gasteiger charge is 2.19. The van der Waals surface area contributed by atoms with E-state index in [0.29, 0.717) is 12.0 Å². The van der Waals surface area contributed by atoms with Gasteiger partial charge in [0.05, 0.1) is 12.6 Å². The maximum absolute atomic E-state index is 4.45. The van der Waals surface area contributed by atoms with Gasteiger partial charge in [0.2, 0.25) is 0 Å². The zero-order valence-corrected chi connectivity index (χ0v) is 12.6. The number of guanidine groups is 1. The number of halogens is 1. The summed E-state index contributed by atoms with van der Waals surface area (Å²) < 4.78 is 0. The lowest BCUT2D eigenvalue weighted by atomic mass is 10.1. The molecule has 0 radical (unpaired) electrons. The van der Waals surface area contributed by atoms with Crippen molar-refractivity contribution >= 4 is 29.9 Å². The van der Waals surface area contributed by atoms with Crippen LogP contribution in [0.1, 0.15) is 19.4 Å². The second-order valence-corrected chi connectivity index (χ2v) is 4.52. The molecule has 1 unspecified atom stereocenters. The molecule has 0 spiro atoms. The number of nitrogens with zero attached hydrogens (tertiary/aromatic N) is 1. The minimum Gasteiger partial charge on any atom is -0.352 e. The molecule has 4 heteroatoms. The molecule has 0 aromatic heterocycles. The minimum atomic E-state index is 0. The van der Waals surface area contributed by atoms with E-state index in [9.17, 15) is 0 Å². The summed E-state index contributed by atoms with van der Waals surface area (Å²) in [6, 6.07) is 10.8. The molecular weight excluding hydrogens is 325 g/mol. The Kier molecular flexibility index (Phi) is 5.74. The zero-order chi connectivity index (χ0) is 11.4. The summed E-state index contributed by atoms with van der Waals surface area (Å²) in [5, 5.41) is 6.72. The predicted molar refractivity (Wildman–Crippen MR) is 82.8 cm³/mol. The van der Waals surface area contributed by atoms with Gasteiger partial charge in [-0.15, -0.1) is 24.0 Å². The Morgan fingerprint density at radius 3 is 2.65 bits per heavy atom. The standard InChI is InChI=1S/C13H19N3.HI/c1-10(2)12-9-15-13(16-12)14-8-11-6-4-3-5-7-11;/h3-7,10,12H,8-9H2,1-2H3,(H2,14,15,16);1H. The lowest BCUT2D eigenvalue weighted by Crippen LogP contribution is -2.40. The van der Waals surface area contributed by atoms with Gasteiger partial charge in [0.1, 0.15) is 0 Å². The van der Waals surface area contributed by atoms with Crippen molar-refractivity contribution in [3.63, 3.8) is 0 Å². The number of rotatable bonds is 3. The fraction of sp³-hybridized carbons (Fsp3) is 0.462. The molecule has 0 bridgehead atoms. The highest BCUT2D eigenvalue weighted by atomic mass is 127. The fourth-order valence-corrected chi connectivity index (χ4v) is 1.72. The smallest absolute Gasteiger partial charge is 0.191 e. The monoisotopic (exact) mass is 345 g/mol. The van der Waals surface area contributed by atoms with E-state index in [1.165, 1.54) is 5.56 Å². The molecule has 3 nitrogen and oxygen atoms in total. The summed E-state index contributed by atoms with van der Waals surface area (Å²) in [5.41, 5.74) is 1.28. The molecule has 2 N–H and O–H groups in total. The molecule has 17 heavy (non-hydrogen) atoms. The summed E-state index contributed by atoms with van der Waals surface area (Å²) in [7, 11) is 0. The van der Waals surface area contributed by atoms with Crippen LogP contribution in [0.25, 0.3) is 0 Å². The van der Waals surface area contributed by atoms with E-state index in [4.69, 9.17) is 0 Å². The van der Waals surface area contributed by atoms with Crippen LogP contribution in [0.3, 0.4) is 0 Å². The van der Waals surface area contributed by atoms with Gasteiger partial charge in [-0.1, -0.05) is 44.2 Å². The third-order valence-electron chi connectivity index (χ3n) is 2.88. The molecule has 0 fully saturated rings. The summed E-state index contributed by atoms with van der Waals surface area (Å²) in [6.45, 7) is 6.15. The Balaban J connectivity index is 0.00000144. The minimum absolute atomic E-state index is 0.